The molecule has 0 bridgehead atoms. The lowest BCUT2D eigenvalue weighted by atomic mass is 9.86. The number of fused-ring (bicyclic) bond motifs is 3. The highest BCUT2D eigenvalue weighted by Crippen LogP contribution is 2.43. The van der Waals surface area contributed by atoms with Crippen LogP contribution < -0.4 is 5.32 Å². The summed E-state index contributed by atoms with van der Waals surface area (Å²) in [7, 11) is 0. The van der Waals surface area contributed by atoms with Crippen molar-refractivity contribution in [3.05, 3.63) is 100 Å². The number of hydrogen-bond acceptors (Lipinski definition) is 4. The van der Waals surface area contributed by atoms with Crippen LogP contribution >= 0.6 is 11.8 Å². The minimum absolute atomic E-state index is 0.0170. The molecule has 5 rings (SSSR count). The third kappa shape index (κ3) is 4.11. The van der Waals surface area contributed by atoms with Gasteiger partial charge in [-0.2, -0.15) is 4.99 Å². The second-order valence-electron chi connectivity index (χ2n) is 7.84. The van der Waals surface area contributed by atoms with E-state index in [1.807, 2.05) is 6.08 Å². The zero-order valence-corrected chi connectivity index (χ0v) is 17.4. The molecule has 0 spiro atoms. The van der Waals surface area contributed by atoms with Gasteiger partial charge in [0.05, 0.1) is 11.3 Å². The summed E-state index contributed by atoms with van der Waals surface area (Å²) >= 11 is 1.32. The average molecular weight is 429 g/mol. The van der Waals surface area contributed by atoms with Crippen LogP contribution in [0.5, 0.6) is 0 Å². The summed E-state index contributed by atoms with van der Waals surface area (Å²) in [6.45, 7) is 0. The fourth-order valence-corrected chi connectivity index (χ4v) is 5.13. The van der Waals surface area contributed by atoms with E-state index in [1.54, 1.807) is 24.3 Å². The molecule has 2 unspecified atom stereocenters. The number of aliphatic carboxylic acids is 1. The number of amidine groups is 1. The number of carboxylic acids is 1. The molecule has 2 N–H and O–H groups in total. The van der Waals surface area contributed by atoms with E-state index in [1.165, 1.54) is 22.9 Å². The van der Waals surface area contributed by atoms with Crippen LogP contribution in [0.25, 0.3) is 0 Å². The first-order chi connectivity index (χ1) is 15.0. The molecule has 1 amide bonds. The normalized spacial score (nSPS) is 22.7. The first kappa shape index (κ1) is 19.6. The molecule has 0 aromatic heterocycles. The number of aliphatic imine (C=N–C) groups is 1. The molecule has 2 aliphatic carbocycles. The van der Waals surface area contributed by atoms with Gasteiger partial charge in [0.15, 0.2) is 5.17 Å². The van der Waals surface area contributed by atoms with E-state index in [0.717, 1.165) is 23.2 Å². The molecule has 0 saturated heterocycles. The summed E-state index contributed by atoms with van der Waals surface area (Å²) < 4.78 is 0. The fraction of sp³-hybridized carbons (Fsp3) is 0.160. The van der Waals surface area contributed by atoms with Crippen molar-refractivity contribution in [1.82, 2.24) is 0 Å². The number of allylic oxidation sites excluding steroid dienone is 5. The number of rotatable bonds is 4. The maximum absolute atomic E-state index is 12.4. The van der Waals surface area contributed by atoms with Crippen LogP contribution in [-0.4, -0.2) is 22.2 Å². The smallest absolute Gasteiger partial charge is 0.307 e. The van der Waals surface area contributed by atoms with Crippen molar-refractivity contribution in [3.63, 3.8) is 0 Å². The quantitative estimate of drug-likeness (QED) is 0.691. The molecular formula is C25H20N2O3S. The van der Waals surface area contributed by atoms with Gasteiger partial charge in [-0.05, 0) is 64.6 Å². The topological polar surface area (TPSA) is 78.8 Å². The minimum atomic E-state index is -0.865. The predicted octanol–water partition coefficient (Wildman–Crippen LogP) is 4.69. The molecule has 3 aliphatic rings. The molecule has 0 radical (unpaired) electrons. The van der Waals surface area contributed by atoms with Gasteiger partial charge in [-0.15, -0.1) is 0 Å². The van der Waals surface area contributed by atoms with Crippen molar-refractivity contribution < 1.29 is 14.7 Å². The lowest BCUT2D eigenvalue weighted by molar-refractivity contribution is -0.136. The number of thioether (sulfide) groups is 1. The van der Waals surface area contributed by atoms with Crippen LogP contribution in [-0.2, 0) is 22.4 Å². The zero-order valence-electron chi connectivity index (χ0n) is 16.6. The highest BCUT2D eigenvalue weighted by atomic mass is 32.2. The second-order valence-corrected chi connectivity index (χ2v) is 8.87. The Morgan fingerprint density at radius 2 is 2.00 bits per heavy atom. The Bertz CT molecular complexity index is 1190. The van der Waals surface area contributed by atoms with Gasteiger partial charge in [-0.1, -0.05) is 54.6 Å². The molecule has 0 fully saturated rings. The number of anilines is 1. The predicted molar refractivity (Wildman–Crippen MR) is 123 cm³/mol. The highest BCUT2D eigenvalue weighted by Gasteiger charge is 2.31. The average Bonchev–Trinajstić information content (AvgIpc) is 3.28. The highest BCUT2D eigenvalue weighted by molar-refractivity contribution is 8.18. The van der Waals surface area contributed by atoms with E-state index in [0.29, 0.717) is 21.9 Å². The Morgan fingerprint density at radius 3 is 2.81 bits per heavy atom. The van der Waals surface area contributed by atoms with Crippen molar-refractivity contribution in [2.75, 3.05) is 5.32 Å². The van der Waals surface area contributed by atoms with Crippen LogP contribution in [0.15, 0.2) is 88.3 Å². The van der Waals surface area contributed by atoms with Gasteiger partial charge >= 0.3 is 5.97 Å². The van der Waals surface area contributed by atoms with Crippen LogP contribution in [0.3, 0.4) is 0 Å². The molecule has 0 saturated carbocycles. The van der Waals surface area contributed by atoms with E-state index < -0.39 is 5.97 Å². The molecular weight excluding hydrogens is 408 g/mol. The Labute approximate surface area is 184 Å². The maximum atomic E-state index is 12.4. The molecule has 2 aromatic rings. The van der Waals surface area contributed by atoms with Gasteiger partial charge in [-0.3, -0.25) is 9.59 Å². The number of benzene rings is 2. The lowest BCUT2D eigenvalue weighted by Gasteiger charge is -2.18. The van der Waals surface area contributed by atoms with Gasteiger partial charge in [0, 0.05) is 11.6 Å². The van der Waals surface area contributed by atoms with E-state index in [9.17, 15) is 9.59 Å². The molecule has 2 atom stereocenters. The zero-order chi connectivity index (χ0) is 21.4. The monoisotopic (exact) mass is 428 g/mol. The Kier molecular flexibility index (Phi) is 5.08. The molecule has 31 heavy (non-hydrogen) atoms. The summed E-state index contributed by atoms with van der Waals surface area (Å²) in [5.41, 5.74) is 5.33. The largest absolute Gasteiger partial charge is 0.481 e. The number of nitrogens with one attached hydrogen (secondary N) is 1. The van der Waals surface area contributed by atoms with Crippen LogP contribution in [0, 0.1) is 5.92 Å². The molecule has 1 heterocycles. The number of hydrogen-bond donors (Lipinski definition) is 2. The molecule has 5 nitrogen and oxygen atoms in total. The van der Waals surface area contributed by atoms with Crippen molar-refractivity contribution in [3.8, 4) is 0 Å². The third-order valence-corrected chi connectivity index (χ3v) is 6.61. The number of nitrogens with zero attached hydrogens (tertiary/aromatic N) is 1. The van der Waals surface area contributed by atoms with Crippen LogP contribution in [0.2, 0.25) is 0 Å². The second kappa shape index (κ2) is 8.04. The Morgan fingerprint density at radius 1 is 1.19 bits per heavy atom. The number of carboxylic acid groups (broad SMARTS) is 1. The molecule has 1 aliphatic heterocycles. The van der Waals surface area contributed by atoms with Crippen molar-refractivity contribution in [2.24, 2.45) is 10.9 Å². The summed E-state index contributed by atoms with van der Waals surface area (Å²) in [6.07, 6.45) is 9.52. The summed E-state index contributed by atoms with van der Waals surface area (Å²) in [5.74, 6) is -0.266. The molecule has 6 heteroatoms. The summed E-state index contributed by atoms with van der Waals surface area (Å²) in [5, 5.41) is 12.5. The Balaban J connectivity index is 1.26. The SMILES string of the molecule is O=C(O)Cc1ccc(NC2=NC(=O)/C(=C/C3=CC4Cc5ccccc5C4C=C3)S2)cc1. The fourth-order valence-electron chi connectivity index (χ4n) is 4.30. The summed E-state index contributed by atoms with van der Waals surface area (Å²) in [4.78, 5) is 27.9. The summed E-state index contributed by atoms with van der Waals surface area (Å²) in [6, 6.07) is 15.7. The first-order valence-corrected chi connectivity index (χ1v) is 10.9. The van der Waals surface area contributed by atoms with E-state index in [2.05, 4.69) is 52.8 Å². The number of amides is 1. The Hall–Kier alpha value is -3.38. The van der Waals surface area contributed by atoms with Gasteiger partial charge in [0.2, 0.25) is 0 Å². The molecule has 2 aromatic carbocycles. The number of carbonyl (C=O) groups is 2. The van der Waals surface area contributed by atoms with Gasteiger partial charge < -0.3 is 10.4 Å². The van der Waals surface area contributed by atoms with Crippen molar-refractivity contribution >= 4 is 34.5 Å². The standard InChI is InChI=1S/C25H20N2O3S/c28-23(29)13-15-5-8-19(9-6-15)26-25-27-24(30)22(31-25)12-16-7-10-21-18(11-16)14-17-3-1-2-4-20(17)21/h1-12,18,21H,13-14H2,(H,28,29)(H,26,27,30)/b22-12-. The van der Waals surface area contributed by atoms with Gasteiger partial charge in [0.1, 0.15) is 0 Å². The van der Waals surface area contributed by atoms with Crippen LogP contribution in [0.4, 0.5) is 5.69 Å². The molecule has 154 valence electrons. The van der Waals surface area contributed by atoms with E-state index in [-0.39, 0.29) is 12.3 Å². The minimum Gasteiger partial charge on any atom is -0.481 e. The van der Waals surface area contributed by atoms with Crippen LogP contribution in [0.1, 0.15) is 22.6 Å². The van der Waals surface area contributed by atoms with Gasteiger partial charge in [0.25, 0.3) is 5.91 Å². The maximum Gasteiger partial charge on any atom is 0.307 e. The van der Waals surface area contributed by atoms with Crippen molar-refractivity contribution in [2.45, 2.75) is 18.8 Å². The number of carbonyl (C=O) groups excluding carboxylic acids is 1. The third-order valence-electron chi connectivity index (χ3n) is 5.71. The first-order valence-electron chi connectivity index (χ1n) is 10.1. The van der Waals surface area contributed by atoms with E-state index >= 15 is 0 Å². The van der Waals surface area contributed by atoms with Crippen molar-refractivity contribution in [1.29, 1.82) is 0 Å². The van der Waals surface area contributed by atoms with Gasteiger partial charge in [-0.25, -0.2) is 0 Å². The lowest BCUT2D eigenvalue weighted by Crippen LogP contribution is -2.07. The van der Waals surface area contributed by atoms with E-state index in [4.69, 9.17) is 5.11 Å².